The van der Waals surface area contributed by atoms with Gasteiger partial charge in [-0.15, -0.1) is 0 Å². The van der Waals surface area contributed by atoms with Gasteiger partial charge in [0.05, 0.1) is 11.8 Å². The quantitative estimate of drug-likeness (QED) is 0.715. The fraction of sp³-hybridized carbons (Fsp3) is 0.421. The van der Waals surface area contributed by atoms with Crippen LogP contribution in [0.5, 0.6) is 0 Å². The van der Waals surface area contributed by atoms with Gasteiger partial charge in [0.25, 0.3) is 11.5 Å². The monoisotopic (exact) mass is 372 g/mol. The number of nitrogens with zero attached hydrogens (tertiary/aromatic N) is 3. The van der Waals surface area contributed by atoms with Gasteiger partial charge in [0.15, 0.2) is 0 Å². The van der Waals surface area contributed by atoms with Crippen molar-refractivity contribution >= 4 is 11.6 Å². The summed E-state index contributed by atoms with van der Waals surface area (Å²) in [4.78, 5) is 29.3. The Balaban J connectivity index is 1.98. The van der Waals surface area contributed by atoms with E-state index in [1.807, 2.05) is 26.8 Å². The van der Waals surface area contributed by atoms with Gasteiger partial charge in [-0.05, 0) is 26.3 Å². The molecule has 27 heavy (non-hydrogen) atoms. The lowest BCUT2D eigenvalue weighted by Gasteiger charge is -2.12. The lowest BCUT2D eigenvalue weighted by atomic mass is 10.2. The number of aryl methyl sites for hydroxylation is 2. The number of amides is 1. The molecule has 8 nitrogen and oxygen atoms in total. The van der Waals surface area contributed by atoms with Crippen LogP contribution in [0.3, 0.4) is 0 Å². The molecule has 1 amide bonds. The Bertz CT molecular complexity index is 1040. The minimum absolute atomic E-state index is 0.0576. The first-order chi connectivity index (χ1) is 12.8. The fourth-order valence-corrected chi connectivity index (χ4v) is 3.06. The highest BCUT2D eigenvalue weighted by Crippen LogP contribution is 2.25. The second kappa shape index (κ2) is 7.40. The number of imidazole rings is 1. The van der Waals surface area contributed by atoms with Gasteiger partial charge < -0.3 is 19.0 Å². The molecule has 3 aromatic rings. The van der Waals surface area contributed by atoms with Gasteiger partial charge in [-0.2, -0.15) is 0 Å². The lowest BCUT2D eigenvalue weighted by molar-refractivity contribution is 0.0812. The zero-order valence-corrected chi connectivity index (χ0v) is 16.2. The van der Waals surface area contributed by atoms with Crippen LogP contribution in [0.4, 0.5) is 0 Å². The molecule has 0 aromatic carbocycles. The average Bonchev–Trinajstić information content (AvgIpc) is 3.21. The van der Waals surface area contributed by atoms with Crippen LogP contribution in [0.15, 0.2) is 27.7 Å². The summed E-state index contributed by atoms with van der Waals surface area (Å²) in [6.07, 6.45) is 4.07. The molecule has 1 unspecified atom stereocenters. The summed E-state index contributed by atoms with van der Waals surface area (Å²) < 4.78 is 13.9. The highest BCUT2D eigenvalue weighted by atomic mass is 16.5. The first-order valence-electron chi connectivity index (χ1n) is 8.82. The van der Waals surface area contributed by atoms with Crippen LogP contribution in [0.25, 0.3) is 16.9 Å². The first-order valence-corrected chi connectivity index (χ1v) is 8.82. The Labute approximate surface area is 156 Å². The predicted octanol–water partition coefficient (Wildman–Crippen LogP) is 2.06. The van der Waals surface area contributed by atoms with E-state index in [2.05, 4.69) is 10.3 Å². The Kier molecular flexibility index (Phi) is 5.18. The molecule has 1 atom stereocenters. The number of nitrogens with one attached hydrogen (secondary N) is 1. The molecule has 0 aliphatic heterocycles. The second-order valence-electron chi connectivity index (χ2n) is 6.54. The predicted molar refractivity (Wildman–Crippen MR) is 101 cm³/mol. The molecule has 144 valence electrons. The molecular weight excluding hydrogens is 348 g/mol. The maximum Gasteiger partial charge on any atom is 0.294 e. The maximum absolute atomic E-state index is 12.7. The number of carbonyl (C=O) groups is 1. The normalized spacial score (nSPS) is 12.5. The van der Waals surface area contributed by atoms with E-state index in [1.165, 1.54) is 4.57 Å². The Morgan fingerprint density at radius 1 is 1.37 bits per heavy atom. The van der Waals surface area contributed by atoms with Crippen LogP contribution in [0, 0.1) is 13.8 Å². The van der Waals surface area contributed by atoms with Gasteiger partial charge in [-0.3, -0.25) is 14.0 Å². The number of aromatic nitrogens is 3. The Hall–Kier alpha value is -2.87. The van der Waals surface area contributed by atoms with E-state index in [0.717, 1.165) is 23.5 Å². The molecule has 0 aliphatic carbocycles. The van der Waals surface area contributed by atoms with Gasteiger partial charge in [-0.25, -0.2) is 4.98 Å². The number of hydrogen-bond acceptors (Lipinski definition) is 5. The molecule has 8 heteroatoms. The van der Waals surface area contributed by atoms with E-state index >= 15 is 0 Å². The van der Waals surface area contributed by atoms with Crippen molar-refractivity contribution in [3.05, 3.63) is 46.0 Å². The summed E-state index contributed by atoms with van der Waals surface area (Å²) in [5.41, 5.74) is 1.63. The third-order valence-electron chi connectivity index (χ3n) is 4.68. The molecule has 0 aliphatic rings. The van der Waals surface area contributed by atoms with E-state index < -0.39 is 0 Å². The molecule has 3 aromatic heterocycles. The molecule has 0 radical (unpaired) electrons. The average molecular weight is 372 g/mol. The Morgan fingerprint density at radius 2 is 2.11 bits per heavy atom. The largest absolute Gasteiger partial charge is 0.466 e. The van der Waals surface area contributed by atoms with Crippen molar-refractivity contribution in [3.8, 4) is 11.3 Å². The highest BCUT2D eigenvalue weighted by Gasteiger charge is 2.18. The van der Waals surface area contributed by atoms with E-state index in [9.17, 15) is 9.59 Å². The summed E-state index contributed by atoms with van der Waals surface area (Å²) in [7, 11) is 3.29. The molecule has 0 saturated heterocycles. The highest BCUT2D eigenvalue weighted by molar-refractivity contribution is 5.92. The van der Waals surface area contributed by atoms with Crippen molar-refractivity contribution in [2.24, 2.45) is 7.05 Å². The smallest absolute Gasteiger partial charge is 0.294 e. The molecule has 0 spiro atoms. The summed E-state index contributed by atoms with van der Waals surface area (Å²) in [6.45, 7) is 6.08. The molecular formula is C19H24N4O4. The first kappa shape index (κ1) is 18.9. The van der Waals surface area contributed by atoms with Gasteiger partial charge in [-0.1, -0.05) is 6.92 Å². The number of rotatable bonds is 6. The molecule has 0 saturated carbocycles. The van der Waals surface area contributed by atoms with Crippen LogP contribution in [-0.2, 0) is 11.8 Å². The standard InChI is InChI=1S/C19H24N4O4/c1-6-13(26-5)8-20-18(24)15-9-23-10-16(14-7-11(2)27-12(14)3)22(4)19(25)17(23)21-15/h7,9-10,13H,6,8H2,1-5H3,(H,20,24). The summed E-state index contributed by atoms with van der Waals surface area (Å²) in [6, 6.07) is 1.89. The topological polar surface area (TPSA) is 90.8 Å². The van der Waals surface area contributed by atoms with E-state index in [1.54, 1.807) is 31.0 Å². The van der Waals surface area contributed by atoms with Crippen LogP contribution in [0.2, 0.25) is 0 Å². The van der Waals surface area contributed by atoms with Crippen molar-refractivity contribution in [3.63, 3.8) is 0 Å². The van der Waals surface area contributed by atoms with Crippen LogP contribution < -0.4 is 10.9 Å². The maximum atomic E-state index is 12.7. The second-order valence-corrected chi connectivity index (χ2v) is 6.54. The third kappa shape index (κ3) is 3.52. The molecule has 3 heterocycles. The number of furan rings is 1. The van der Waals surface area contributed by atoms with Crippen LogP contribution in [0.1, 0.15) is 35.4 Å². The summed E-state index contributed by atoms with van der Waals surface area (Å²) in [5.74, 6) is 1.16. The van der Waals surface area contributed by atoms with Crippen LogP contribution in [-0.4, -0.2) is 39.6 Å². The minimum Gasteiger partial charge on any atom is -0.466 e. The van der Waals surface area contributed by atoms with Crippen molar-refractivity contribution in [2.75, 3.05) is 13.7 Å². The van der Waals surface area contributed by atoms with Gasteiger partial charge in [0.1, 0.15) is 17.2 Å². The number of fused-ring (bicyclic) bond motifs is 1. The number of ether oxygens (including phenoxy) is 1. The van der Waals surface area contributed by atoms with Crippen molar-refractivity contribution < 1.29 is 13.9 Å². The molecule has 1 N–H and O–H groups in total. The SMILES string of the molecule is CCC(CNC(=O)c1cn2cc(-c3cc(C)oc3C)n(C)c(=O)c2n1)OC. The number of methoxy groups -OCH3 is 1. The minimum atomic E-state index is -0.340. The molecule has 0 bridgehead atoms. The fourth-order valence-electron chi connectivity index (χ4n) is 3.06. The molecule has 0 fully saturated rings. The number of hydrogen-bond donors (Lipinski definition) is 1. The molecule has 3 rings (SSSR count). The third-order valence-corrected chi connectivity index (χ3v) is 4.68. The van der Waals surface area contributed by atoms with E-state index in [-0.39, 0.29) is 28.9 Å². The van der Waals surface area contributed by atoms with E-state index in [0.29, 0.717) is 12.2 Å². The zero-order chi connectivity index (χ0) is 19.7. The van der Waals surface area contributed by atoms with Crippen molar-refractivity contribution in [2.45, 2.75) is 33.3 Å². The van der Waals surface area contributed by atoms with Gasteiger partial charge in [0.2, 0.25) is 5.65 Å². The van der Waals surface area contributed by atoms with Gasteiger partial charge >= 0.3 is 0 Å². The summed E-state index contributed by atoms with van der Waals surface area (Å²) >= 11 is 0. The summed E-state index contributed by atoms with van der Waals surface area (Å²) in [5, 5.41) is 2.79. The zero-order valence-electron chi connectivity index (χ0n) is 16.2. The van der Waals surface area contributed by atoms with Crippen LogP contribution >= 0.6 is 0 Å². The van der Waals surface area contributed by atoms with Gasteiger partial charge in [0, 0.05) is 38.7 Å². The number of carbonyl (C=O) groups excluding carboxylic acids is 1. The lowest BCUT2D eigenvalue weighted by Crippen LogP contribution is -2.33. The van der Waals surface area contributed by atoms with Crippen molar-refractivity contribution in [1.29, 1.82) is 0 Å². The van der Waals surface area contributed by atoms with Crippen molar-refractivity contribution in [1.82, 2.24) is 19.3 Å². The Morgan fingerprint density at radius 3 is 2.70 bits per heavy atom. The van der Waals surface area contributed by atoms with E-state index in [4.69, 9.17) is 9.15 Å².